The van der Waals surface area contributed by atoms with Crippen molar-refractivity contribution >= 4 is 17.7 Å². The number of likely N-dealkylation sites (tertiary alicyclic amines) is 1. The molecule has 0 aliphatic carbocycles. The van der Waals surface area contributed by atoms with Crippen LogP contribution in [0, 0.1) is 6.92 Å². The molecule has 1 aliphatic heterocycles. The Balaban J connectivity index is 1.92. The zero-order valence-corrected chi connectivity index (χ0v) is 13.8. The molecule has 0 spiro atoms. The lowest BCUT2D eigenvalue weighted by atomic mass is 9.84. The zero-order valence-electron chi connectivity index (χ0n) is 13.1. The molecule has 5 heteroatoms. The highest BCUT2D eigenvalue weighted by molar-refractivity contribution is 6.31. The van der Waals surface area contributed by atoms with Gasteiger partial charge >= 0.3 is 6.09 Å². The van der Waals surface area contributed by atoms with E-state index in [1.807, 2.05) is 45.9 Å². The van der Waals surface area contributed by atoms with E-state index in [0.29, 0.717) is 13.1 Å². The summed E-state index contributed by atoms with van der Waals surface area (Å²) >= 11 is 6.03. The number of nitrogens with two attached hydrogens (primary N) is 1. The molecule has 0 unspecified atom stereocenters. The lowest BCUT2D eigenvalue weighted by molar-refractivity contribution is -0.00790. The number of hydrogen-bond donors (Lipinski definition) is 1. The molecule has 1 fully saturated rings. The highest BCUT2D eigenvalue weighted by Crippen LogP contribution is 2.26. The summed E-state index contributed by atoms with van der Waals surface area (Å²) in [5.74, 6) is 0. The van der Waals surface area contributed by atoms with Crippen molar-refractivity contribution in [3.05, 3.63) is 34.3 Å². The van der Waals surface area contributed by atoms with Crippen LogP contribution in [-0.4, -0.2) is 35.2 Å². The molecule has 2 rings (SSSR count). The van der Waals surface area contributed by atoms with Crippen molar-refractivity contribution in [2.75, 3.05) is 13.1 Å². The number of hydrogen-bond acceptors (Lipinski definition) is 3. The monoisotopic (exact) mass is 310 g/mol. The lowest BCUT2D eigenvalue weighted by Gasteiger charge is -2.47. The first-order valence-electron chi connectivity index (χ1n) is 7.10. The van der Waals surface area contributed by atoms with Crippen LogP contribution in [0.3, 0.4) is 0 Å². The second-order valence-corrected chi connectivity index (χ2v) is 7.37. The fraction of sp³-hybridized carbons (Fsp3) is 0.562. The van der Waals surface area contributed by atoms with Crippen LogP contribution in [0.4, 0.5) is 4.79 Å². The Morgan fingerprint density at radius 2 is 2.05 bits per heavy atom. The summed E-state index contributed by atoms with van der Waals surface area (Å²) in [6.45, 7) is 8.58. The van der Waals surface area contributed by atoms with Gasteiger partial charge in [0.05, 0.1) is 5.54 Å². The fourth-order valence-corrected chi connectivity index (χ4v) is 2.62. The van der Waals surface area contributed by atoms with E-state index < -0.39 is 5.60 Å². The Morgan fingerprint density at radius 1 is 1.43 bits per heavy atom. The van der Waals surface area contributed by atoms with Crippen LogP contribution >= 0.6 is 11.6 Å². The highest BCUT2D eigenvalue weighted by Gasteiger charge is 2.43. The third kappa shape index (κ3) is 4.11. The summed E-state index contributed by atoms with van der Waals surface area (Å²) < 4.78 is 5.33. The van der Waals surface area contributed by atoms with Gasteiger partial charge in [-0.1, -0.05) is 23.7 Å². The minimum absolute atomic E-state index is 0.295. The van der Waals surface area contributed by atoms with Gasteiger partial charge in [-0.3, -0.25) is 0 Å². The Hall–Kier alpha value is -1.26. The molecule has 0 atom stereocenters. The van der Waals surface area contributed by atoms with E-state index in [-0.39, 0.29) is 11.6 Å². The van der Waals surface area contributed by atoms with Gasteiger partial charge < -0.3 is 15.4 Å². The SMILES string of the molecule is Cc1cc(CC2(N)CN(C(=O)OC(C)(C)C)C2)ccc1Cl. The predicted molar refractivity (Wildman–Crippen MR) is 84.6 cm³/mol. The number of nitrogens with zero attached hydrogens (tertiary/aromatic N) is 1. The molecule has 0 saturated carbocycles. The second kappa shape index (κ2) is 5.50. The molecule has 2 N–H and O–H groups in total. The number of aryl methyl sites for hydroxylation is 1. The van der Waals surface area contributed by atoms with Gasteiger partial charge in [-0.15, -0.1) is 0 Å². The predicted octanol–water partition coefficient (Wildman–Crippen LogP) is 3.14. The molecule has 0 bridgehead atoms. The average molecular weight is 311 g/mol. The van der Waals surface area contributed by atoms with Crippen molar-refractivity contribution in [1.82, 2.24) is 4.90 Å². The smallest absolute Gasteiger partial charge is 0.410 e. The van der Waals surface area contributed by atoms with Crippen molar-refractivity contribution in [2.45, 2.75) is 45.3 Å². The minimum Gasteiger partial charge on any atom is -0.444 e. The molecule has 0 aromatic heterocycles. The highest BCUT2D eigenvalue weighted by atomic mass is 35.5. The third-order valence-electron chi connectivity index (χ3n) is 3.44. The Labute approximate surface area is 131 Å². The standard InChI is InChI=1S/C16H23ClN2O2/c1-11-7-12(5-6-13(11)17)8-16(18)9-19(10-16)14(20)21-15(2,3)4/h5-7H,8-10,18H2,1-4H3. The minimum atomic E-state index is -0.475. The van der Waals surface area contributed by atoms with Crippen molar-refractivity contribution in [3.8, 4) is 0 Å². The van der Waals surface area contributed by atoms with Crippen LogP contribution < -0.4 is 5.73 Å². The molecule has 1 amide bonds. The molecule has 21 heavy (non-hydrogen) atoms. The van der Waals surface area contributed by atoms with Crippen LogP contribution in [0.15, 0.2) is 18.2 Å². The van der Waals surface area contributed by atoms with Gasteiger partial charge in [0.1, 0.15) is 5.60 Å². The molecule has 1 heterocycles. The Bertz CT molecular complexity index is 546. The van der Waals surface area contributed by atoms with Gasteiger partial charge in [-0.2, -0.15) is 0 Å². The summed E-state index contributed by atoms with van der Waals surface area (Å²) in [6, 6.07) is 5.92. The fourth-order valence-electron chi connectivity index (χ4n) is 2.50. The van der Waals surface area contributed by atoms with Crippen molar-refractivity contribution < 1.29 is 9.53 Å². The van der Waals surface area contributed by atoms with Crippen LogP contribution in [0.2, 0.25) is 5.02 Å². The van der Waals surface area contributed by atoms with E-state index in [0.717, 1.165) is 22.6 Å². The molecule has 0 radical (unpaired) electrons. The van der Waals surface area contributed by atoms with Crippen LogP contribution in [0.5, 0.6) is 0 Å². The molecule has 1 aromatic rings. The molecule has 4 nitrogen and oxygen atoms in total. The maximum absolute atomic E-state index is 11.9. The van der Waals surface area contributed by atoms with Gasteiger partial charge in [0.2, 0.25) is 0 Å². The average Bonchev–Trinajstić information content (AvgIpc) is 2.28. The third-order valence-corrected chi connectivity index (χ3v) is 3.87. The number of carbonyl (C=O) groups is 1. The van der Waals surface area contributed by atoms with Crippen molar-refractivity contribution in [3.63, 3.8) is 0 Å². The van der Waals surface area contributed by atoms with E-state index in [4.69, 9.17) is 22.1 Å². The molecular formula is C16H23ClN2O2. The van der Waals surface area contributed by atoms with Crippen LogP contribution in [0.1, 0.15) is 31.9 Å². The molecular weight excluding hydrogens is 288 g/mol. The normalized spacial score (nSPS) is 17.3. The number of rotatable bonds is 2. The largest absolute Gasteiger partial charge is 0.444 e. The van der Waals surface area contributed by atoms with Gasteiger partial charge in [0, 0.05) is 18.1 Å². The van der Waals surface area contributed by atoms with Gasteiger partial charge in [0.25, 0.3) is 0 Å². The van der Waals surface area contributed by atoms with Crippen LogP contribution in [0.25, 0.3) is 0 Å². The van der Waals surface area contributed by atoms with Crippen LogP contribution in [-0.2, 0) is 11.2 Å². The van der Waals surface area contributed by atoms with E-state index in [2.05, 4.69) is 0 Å². The topological polar surface area (TPSA) is 55.6 Å². The number of ether oxygens (including phenoxy) is 1. The quantitative estimate of drug-likeness (QED) is 0.913. The lowest BCUT2D eigenvalue weighted by Crippen LogP contribution is -2.70. The number of benzene rings is 1. The summed E-state index contributed by atoms with van der Waals surface area (Å²) in [4.78, 5) is 13.6. The Morgan fingerprint density at radius 3 is 2.57 bits per heavy atom. The van der Waals surface area contributed by atoms with Crippen molar-refractivity contribution in [2.24, 2.45) is 5.73 Å². The van der Waals surface area contributed by atoms with Gasteiger partial charge in [-0.05, 0) is 51.3 Å². The maximum Gasteiger partial charge on any atom is 0.410 e. The number of carbonyl (C=O) groups excluding carboxylic acids is 1. The number of halogens is 1. The summed E-state index contributed by atoms with van der Waals surface area (Å²) in [7, 11) is 0. The molecule has 116 valence electrons. The van der Waals surface area contributed by atoms with Gasteiger partial charge in [0.15, 0.2) is 0 Å². The zero-order chi connectivity index (χ0) is 15.8. The molecule has 1 aromatic carbocycles. The van der Waals surface area contributed by atoms with E-state index in [9.17, 15) is 4.79 Å². The van der Waals surface area contributed by atoms with Crippen molar-refractivity contribution in [1.29, 1.82) is 0 Å². The first kappa shape index (κ1) is 16.1. The van der Waals surface area contributed by atoms with Gasteiger partial charge in [-0.25, -0.2) is 4.79 Å². The first-order chi connectivity index (χ1) is 9.58. The summed E-state index contributed by atoms with van der Waals surface area (Å²) in [5, 5.41) is 0.758. The second-order valence-electron chi connectivity index (χ2n) is 6.96. The first-order valence-corrected chi connectivity index (χ1v) is 7.48. The van der Waals surface area contributed by atoms with E-state index in [1.165, 1.54) is 0 Å². The number of amides is 1. The summed E-state index contributed by atoms with van der Waals surface area (Å²) in [6.07, 6.45) is 0.431. The summed E-state index contributed by atoms with van der Waals surface area (Å²) in [5.41, 5.74) is 7.66. The molecule has 1 saturated heterocycles. The van der Waals surface area contributed by atoms with E-state index >= 15 is 0 Å². The Kier molecular flexibility index (Phi) is 4.22. The maximum atomic E-state index is 11.9. The van der Waals surface area contributed by atoms with E-state index in [1.54, 1.807) is 4.90 Å². The molecule has 1 aliphatic rings.